The summed E-state index contributed by atoms with van der Waals surface area (Å²) in [6.45, 7) is 0.482. The van der Waals surface area contributed by atoms with Crippen LogP contribution >= 0.6 is 15.9 Å². The minimum absolute atomic E-state index is 0.0455. The van der Waals surface area contributed by atoms with Crippen LogP contribution in [0.3, 0.4) is 0 Å². The molecule has 1 aromatic carbocycles. The highest BCUT2D eigenvalue weighted by molar-refractivity contribution is 9.10. The maximum atomic E-state index is 8.98. The quantitative estimate of drug-likeness (QED) is 0.662. The van der Waals surface area contributed by atoms with Crippen LogP contribution in [0.1, 0.15) is 0 Å². The molecule has 0 bridgehead atoms. The first-order valence-corrected chi connectivity index (χ1v) is 7.26. The Morgan fingerprint density at radius 3 is 2.76 bits per heavy atom. The van der Waals surface area contributed by atoms with Gasteiger partial charge in [-0.2, -0.15) is 5.10 Å². The highest BCUT2D eigenvalue weighted by Crippen LogP contribution is 2.30. The van der Waals surface area contributed by atoms with Gasteiger partial charge in [0.15, 0.2) is 5.82 Å². The fourth-order valence-electron chi connectivity index (χ4n) is 2.09. The molecule has 6 nitrogen and oxygen atoms in total. The van der Waals surface area contributed by atoms with E-state index in [-0.39, 0.29) is 6.61 Å². The summed E-state index contributed by atoms with van der Waals surface area (Å²) >= 11 is 3.43. The van der Waals surface area contributed by atoms with Crippen LogP contribution in [0.5, 0.6) is 0 Å². The van der Waals surface area contributed by atoms with E-state index in [2.05, 4.69) is 36.4 Å². The van der Waals surface area contributed by atoms with Crippen molar-refractivity contribution in [1.29, 1.82) is 0 Å². The molecule has 0 saturated heterocycles. The van der Waals surface area contributed by atoms with Crippen molar-refractivity contribution in [2.45, 2.75) is 0 Å². The number of anilines is 1. The van der Waals surface area contributed by atoms with Crippen LogP contribution in [0.25, 0.3) is 16.9 Å². The monoisotopic (exact) mass is 347 g/mol. The summed E-state index contributed by atoms with van der Waals surface area (Å²) in [5.74, 6) is 0.681. The first-order valence-electron chi connectivity index (χ1n) is 6.47. The summed E-state index contributed by atoms with van der Waals surface area (Å²) < 4.78 is 2.91. The van der Waals surface area contributed by atoms with E-state index in [0.29, 0.717) is 12.4 Å². The lowest BCUT2D eigenvalue weighted by molar-refractivity contribution is 0.311. The van der Waals surface area contributed by atoms with Gasteiger partial charge in [0.25, 0.3) is 0 Å². The first-order chi connectivity index (χ1) is 10.3. The molecule has 0 fully saturated rings. The van der Waals surface area contributed by atoms with Crippen LogP contribution < -0.4 is 5.32 Å². The highest BCUT2D eigenvalue weighted by atomic mass is 79.9. The van der Waals surface area contributed by atoms with Crippen molar-refractivity contribution < 1.29 is 5.11 Å². The fourth-order valence-corrected chi connectivity index (χ4v) is 2.36. The third-order valence-electron chi connectivity index (χ3n) is 3.04. The molecule has 0 atom stereocenters. The Morgan fingerprint density at radius 1 is 1.29 bits per heavy atom. The zero-order valence-corrected chi connectivity index (χ0v) is 12.7. The summed E-state index contributed by atoms with van der Waals surface area (Å²) in [5.41, 5.74) is 2.79. The van der Waals surface area contributed by atoms with Gasteiger partial charge in [-0.25, -0.2) is 4.98 Å². The first kappa shape index (κ1) is 13.8. The molecule has 2 aromatic heterocycles. The molecular formula is C14H14BrN5O. The Hall–Kier alpha value is -2.12. The summed E-state index contributed by atoms with van der Waals surface area (Å²) in [6, 6.07) is 7.98. The fraction of sp³-hybridized carbons (Fsp3) is 0.143. The molecule has 0 spiro atoms. The van der Waals surface area contributed by atoms with E-state index in [1.54, 1.807) is 12.5 Å². The average molecular weight is 348 g/mol. The molecule has 0 unspecified atom stereocenters. The number of aliphatic hydroxyl groups is 1. The number of rotatable bonds is 5. The second-order valence-corrected chi connectivity index (χ2v) is 5.34. The summed E-state index contributed by atoms with van der Waals surface area (Å²) in [5, 5.41) is 19.4. The molecule has 0 aliphatic carbocycles. The van der Waals surface area contributed by atoms with Crippen molar-refractivity contribution in [3.8, 4) is 16.9 Å². The normalized spacial score (nSPS) is 10.8. The van der Waals surface area contributed by atoms with Gasteiger partial charge in [-0.05, 0) is 12.1 Å². The minimum atomic E-state index is 0.0455. The number of hydrogen-bond acceptors (Lipinski definition) is 4. The third kappa shape index (κ3) is 2.84. The summed E-state index contributed by atoms with van der Waals surface area (Å²) in [6.07, 6.45) is 5.29. The zero-order chi connectivity index (χ0) is 14.7. The smallest absolute Gasteiger partial charge is 0.172 e. The summed E-state index contributed by atoms with van der Waals surface area (Å²) in [4.78, 5) is 4.09. The Morgan fingerprint density at radius 2 is 2.10 bits per heavy atom. The number of aromatic nitrogens is 4. The molecule has 3 aromatic rings. The van der Waals surface area contributed by atoms with Crippen LogP contribution in [0.4, 0.5) is 5.82 Å². The van der Waals surface area contributed by atoms with Gasteiger partial charge in [-0.15, -0.1) is 0 Å². The van der Waals surface area contributed by atoms with Crippen LogP contribution in [-0.4, -0.2) is 38.0 Å². The number of nitrogens with zero attached hydrogens (tertiary/aromatic N) is 3. The van der Waals surface area contributed by atoms with Crippen molar-refractivity contribution in [2.24, 2.45) is 0 Å². The molecule has 108 valence electrons. The number of imidazole rings is 1. The number of H-pyrrole nitrogens is 1. The second-order valence-electron chi connectivity index (χ2n) is 4.42. The van der Waals surface area contributed by atoms with Gasteiger partial charge < -0.3 is 15.0 Å². The van der Waals surface area contributed by atoms with Crippen LogP contribution in [0.2, 0.25) is 0 Å². The molecule has 3 rings (SSSR count). The second kappa shape index (κ2) is 6.11. The number of halogens is 1. The average Bonchev–Trinajstić information content (AvgIpc) is 3.14. The van der Waals surface area contributed by atoms with E-state index in [9.17, 15) is 0 Å². The van der Waals surface area contributed by atoms with E-state index in [1.165, 1.54) is 0 Å². The Labute approximate surface area is 130 Å². The van der Waals surface area contributed by atoms with E-state index >= 15 is 0 Å². The highest BCUT2D eigenvalue weighted by Gasteiger charge is 2.16. The lowest BCUT2D eigenvalue weighted by atomic mass is 10.1. The third-order valence-corrected chi connectivity index (χ3v) is 3.57. The maximum Gasteiger partial charge on any atom is 0.172 e. The largest absolute Gasteiger partial charge is 0.395 e. The van der Waals surface area contributed by atoms with Gasteiger partial charge in [-0.1, -0.05) is 28.1 Å². The molecule has 0 amide bonds. The van der Waals surface area contributed by atoms with Crippen molar-refractivity contribution in [3.63, 3.8) is 0 Å². The predicted molar refractivity (Wildman–Crippen MR) is 84.4 cm³/mol. The molecule has 0 aliphatic heterocycles. The Bertz CT molecular complexity index is 706. The lowest BCUT2D eigenvalue weighted by Gasteiger charge is -2.08. The van der Waals surface area contributed by atoms with E-state index in [1.807, 2.05) is 35.0 Å². The lowest BCUT2D eigenvalue weighted by Crippen LogP contribution is -2.08. The van der Waals surface area contributed by atoms with E-state index < -0.39 is 0 Å². The van der Waals surface area contributed by atoms with Crippen molar-refractivity contribution in [2.75, 3.05) is 18.5 Å². The molecule has 0 aliphatic rings. The number of aliphatic hydroxyl groups excluding tert-OH is 1. The maximum absolute atomic E-state index is 8.98. The predicted octanol–water partition coefficient (Wildman–Crippen LogP) is 2.43. The van der Waals surface area contributed by atoms with Gasteiger partial charge in [-0.3, -0.25) is 5.10 Å². The van der Waals surface area contributed by atoms with Crippen molar-refractivity contribution in [3.05, 3.63) is 47.5 Å². The molecule has 21 heavy (non-hydrogen) atoms. The van der Waals surface area contributed by atoms with Crippen molar-refractivity contribution in [1.82, 2.24) is 19.7 Å². The zero-order valence-electron chi connectivity index (χ0n) is 11.1. The molecule has 7 heteroatoms. The van der Waals surface area contributed by atoms with Gasteiger partial charge in [0.05, 0.1) is 18.6 Å². The summed E-state index contributed by atoms with van der Waals surface area (Å²) in [7, 11) is 0. The minimum Gasteiger partial charge on any atom is -0.395 e. The molecule has 0 saturated carbocycles. The molecule has 0 radical (unpaired) electrons. The molecule has 2 heterocycles. The number of hydrogen-bond donors (Lipinski definition) is 3. The van der Waals surface area contributed by atoms with Crippen LogP contribution in [0, 0.1) is 0 Å². The Balaban J connectivity index is 2.08. The van der Waals surface area contributed by atoms with Crippen LogP contribution in [-0.2, 0) is 0 Å². The SMILES string of the molecule is OCCNc1n[nH]c(-c2ccc(Br)cc2)c1-n1ccnc1. The van der Waals surface area contributed by atoms with Crippen LogP contribution in [0.15, 0.2) is 47.5 Å². The van der Waals surface area contributed by atoms with Crippen molar-refractivity contribution >= 4 is 21.7 Å². The molecule has 3 N–H and O–H groups in total. The van der Waals surface area contributed by atoms with E-state index in [0.717, 1.165) is 21.4 Å². The number of aromatic amines is 1. The Kier molecular flexibility index (Phi) is 4.03. The topological polar surface area (TPSA) is 78.8 Å². The van der Waals surface area contributed by atoms with Gasteiger partial charge in [0.1, 0.15) is 5.69 Å². The van der Waals surface area contributed by atoms with Gasteiger partial charge >= 0.3 is 0 Å². The standard InChI is InChI=1S/C14H14BrN5O/c15-11-3-1-10(2-4-11)12-13(20-7-5-16-9-20)14(19-18-12)17-6-8-21/h1-5,7,9,21H,6,8H2,(H2,17,18,19). The molecular weight excluding hydrogens is 334 g/mol. The van der Waals surface area contributed by atoms with Gasteiger partial charge in [0, 0.05) is 29.0 Å². The van der Waals surface area contributed by atoms with Gasteiger partial charge in [0.2, 0.25) is 0 Å². The van der Waals surface area contributed by atoms with E-state index in [4.69, 9.17) is 5.11 Å². The number of nitrogens with one attached hydrogen (secondary N) is 2. The number of benzene rings is 1.